The quantitative estimate of drug-likeness (QED) is 0.0710. The van der Waals surface area contributed by atoms with E-state index in [1.807, 2.05) is 109 Å². The van der Waals surface area contributed by atoms with Crippen molar-refractivity contribution in [2.24, 2.45) is 0 Å². The third-order valence-electron chi connectivity index (χ3n) is 8.17. The molecular formula is C42H30N4O6. The molecule has 10 nitrogen and oxygen atoms in total. The lowest BCUT2D eigenvalue weighted by molar-refractivity contribution is -0.385. The Labute approximate surface area is 299 Å². The van der Waals surface area contributed by atoms with Gasteiger partial charge in [0.05, 0.1) is 14.8 Å². The average molecular weight is 687 g/mol. The number of hydrogen-bond donors (Lipinski definition) is 0. The Hall–Kier alpha value is -7.46. The Bertz CT molecular complexity index is 2020. The molecule has 0 fully saturated rings. The van der Waals surface area contributed by atoms with E-state index in [2.05, 4.69) is 4.90 Å². The highest BCUT2D eigenvalue weighted by Gasteiger charge is 2.13. The molecule has 0 amide bonds. The number of nitro groups is 3. The predicted octanol–water partition coefficient (Wildman–Crippen LogP) is 11.4. The minimum absolute atomic E-state index is 0.0451. The van der Waals surface area contributed by atoms with E-state index < -0.39 is 14.8 Å². The van der Waals surface area contributed by atoms with Gasteiger partial charge in [-0.05, 0) is 106 Å². The van der Waals surface area contributed by atoms with Gasteiger partial charge in [0.1, 0.15) is 0 Å². The molecule has 0 aliphatic rings. The van der Waals surface area contributed by atoms with Gasteiger partial charge in [-0.2, -0.15) is 0 Å². The van der Waals surface area contributed by atoms with Crippen molar-refractivity contribution in [2.75, 3.05) is 4.90 Å². The summed E-state index contributed by atoms with van der Waals surface area (Å²) in [4.78, 5) is 33.8. The zero-order chi connectivity index (χ0) is 36.5. The number of anilines is 3. The Kier molecular flexibility index (Phi) is 10.5. The van der Waals surface area contributed by atoms with Crippen LogP contribution in [0.3, 0.4) is 0 Å². The fourth-order valence-electron chi connectivity index (χ4n) is 5.35. The first-order valence-electron chi connectivity index (χ1n) is 16.1. The van der Waals surface area contributed by atoms with E-state index in [4.69, 9.17) is 0 Å². The van der Waals surface area contributed by atoms with Crippen molar-refractivity contribution in [3.63, 3.8) is 0 Å². The predicted molar refractivity (Wildman–Crippen MR) is 207 cm³/mol. The first-order valence-corrected chi connectivity index (χ1v) is 16.1. The molecule has 52 heavy (non-hydrogen) atoms. The van der Waals surface area contributed by atoms with Crippen LogP contribution in [0.5, 0.6) is 0 Å². The molecule has 6 rings (SSSR count). The van der Waals surface area contributed by atoms with E-state index in [9.17, 15) is 30.3 Å². The minimum Gasteiger partial charge on any atom is -0.311 e. The van der Waals surface area contributed by atoms with Gasteiger partial charge >= 0.3 is 0 Å². The third kappa shape index (κ3) is 8.76. The molecular weight excluding hydrogens is 656 g/mol. The van der Waals surface area contributed by atoms with Gasteiger partial charge in [-0.25, -0.2) is 0 Å². The van der Waals surface area contributed by atoms with Crippen molar-refractivity contribution < 1.29 is 14.8 Å². The highest BCUT2D eigenvalue weighted by atomic mass is 16.6. The van der Waals surface area contributed by atoms with Crippen molar-refractivity contribution in [1.29, 1.82) is 0 Å². The smallest absolute Gasteiger partial charge is 0.269 e. The lowest BCUT2D eigenvalue weighted by Crippen LogP contribution is -2.09. The van der Waals surface area contributed by atoms with Crippen LogP contribution in [-0.2, 0) is 0 Å². The molecule has 0 bridgehead atoms. The Morgan fingerprint density at radius 3 is 0.654 bits per heavy atom. The van der Waals surface area contributed by atoms with Crippen molar-refractivity contribution in [3.8, 4) is 0 Å². The lowest BCUT2D eigenvalue weighted by Gasteiger charge is -2.26. The molecule has 10 heteroatoms. The molecule has 0 aliphatic carbocycles. The van der Waals surface area contributed by atoms with Crippen molar-refractivity contribution in [1.82, 2.24) is 0 Å². The van der Waals surface area contributed by atoms with E-state index in [0.29, 0.717) is 0 Å². The van der Waals surface area contributed by atoms with Gasteiger partial charge in [-0.15, -0.1) is 0 Å². The monoisotopic (exact) mass is 686 g/mol. The van der Waals surface area contributed by atoms with Crippen LogP contribution in [0.1, 0.15) is 33.4 Å². The number of rotatable bonds is 12. The number of hydrogen-bond acceptors (Lipinski definition) is 7. The summed E-state index contributed by atoms with van der Waals surface area (Å²) in [7, 11) is 0. The van der Waals surface area contributed by atoms with Gasteiger partial charge in [-0.1, -0.05) is 72.9 Å². The summed E-state index contributed by atoms with van der Waals surface area (Å²) < 4.78 is 0. The van der Waals surface area contributed by atoms with Gasteiger partial charge < -0.3 is 4.90 Å². The third-order valence-corrected chi connectivity index (χ3v) is 8.17. The molecule has 0 spiro atoms. The highest BCUT2D eigenvalue weighted by Crippen LogP contribution is 2.35. The average Bonchev–Trinajstić information content (AvgIpc) is 3.17. The second kappa shape index (κ2) is 15.8. The summed E-state index contributed by atoms with van der Waals surface area (Å²) in [5.41, 5.74) is 8.34. The van der Waals surface area contributed by atoms with Gasteiger partial charge in [0.2, 0.25) is 0 Å². The molecule has 0 N–H and O–H groups in total. The molecule has 0 radical (unpaired) electrons. The van der Waals surface area contributed by atoms with E-state index in [1.54, 1.807) is 36.4 Å². The standard InChI is InChI=1S/C42H30N4O6/c47-44(48)40-25-13-34(14-26-40)4-1-31-7-19-37(20-8-31)43(38-21-9-32(10-22-38)2-5-35-15-27-41(28-16-35)45(49)50)39-23-11-33(12-24-39)3-6-36-17-29-42(30-18-36)46(51)52/h1-30H/b4-1+,5-2+,6-3+. The zero-order valence-corrected chi connectivity index (χ0v) is 27.6. The lowest BCUT2D eigenvalue weighted by atomic mass is 10.1. The SMILES string of the molecule is O=[N+]([O-])c1ccc(/C=C/c2ccc(N(c3ccc(/C=C/c4ccc([N+](=O)[O-])cc4)cc3)c3ccc(/C=C/c4ccc([N+](=O)[O-])cc4)cc3)cc2)cc1. The maximum Gasteiger partial charge on any atom is 0.269 e. The van der Waals surface area contributed by atoms with Gasteiger partial charge in [0, 0.05) is 53.5 Å². The van der Waals surface area contributed by atoms with Crippen molar-refractivity contribution in [2.45, 2.75) is 0 Å². The summed E-state index contributed by atoms with van der Waals surface area (Å²) in [5.74, 6) is 0. The van der Waals surface area contributed by atoms with E-state index in [1.165, 1.54) is 36.4 Å². The van der Waals surface area contributed by atoms with Crippen LogP contribution in [0.2, 0.25) is 0 Å². The van der Waals surface area contributed by atoms with E-state index in [-0.39, 0.29) is 17.1 Å². The zero-order valence-electron chi connectivity index (χ0n) is 27.6. The molecule has 0 aliphatic heterocycles. The van der Waals surface area contributed by atoms with E-state index in [0.717, 1.165) is 50.4 Å². The number of nitrogens with zero attached hydrogens (tertiary/aromatic N) is 4. The molecule has 0 atom stereocenters. The molecule has 6 aromatic rings. The second-order valence-electron chi connectivity index (χ2n) is 11.7. The highest BCUT2D eigenvalue weighted by molar-refractivity contribution is 5.80. The van der Waals surface area contributed by atoms with Gasteiger partial charge in [-0.3, -0.25) is 30.3 Å². The van der Waals surface area contributed by atoms with Crippen LogP contribution >= 0.6 is 0 Å². The number of nitro benzene ring substituents is 3. The Morgan fingerprint density at radius 1 is 0.308 bits per heavy atom. The van der Waals surface area contributed by atoms with Gasteiger partial charge in [0.15, 0.2) is 0 Å². The molecule has 0 saturated carbocycles. The maximum atomic E-state index is 11.0. The summed E-state index contributed by atoms with van der Waals surface area (Å²) in [6.45, 7) is 0. The first-order chi connectivity index (χ1) is 25.2. The van der Waals surface area contributed by atoms with E-state index >= 15 is 0 Å². The molecule has 0 heterocycles. The Morgan fingerprint density at radius 2 is 0.481 bits per heavy atom. The largest absolute Gasteiger partial charge is 0.311 e. The summed E-state index contributed by atoms with van der Waals surface area (Å²) >= 11 is 0. The fourth-order valence-corrected chi connectivity index (χ4v) is 5.35. The summed E-state index contributed by atoms with van der Waals surface area (Å²) in [6.07, 6.45) is 11.6. The summed E-state index contributed by atoms with van der Waals surface area (Å²) in [5, 5.41) is 32.9. The van der Waals surface area contributed by atoms with Crippen LogP contribution in [0.15, 0.2) is 146 Å². The number of non-ortho nitro benzene ring substituents is 3. The molecule has 6 aromatic carbocycles. The Balaban J connectivity index is 1.25. The van der Waals surface area contributed by atoms with Crippen LogP contribution in [0.25, 0.3) is 36.5 Å². The molecule has 0 saturated heterocycles. The number of benzene rings is 6. The normalized spacial score (nSPS) is 11.3. The fraction of sp³-hybridized carbons (Fsp3) is 0. The second-order valence-corrected chi connectivity index (χ2v) is 11.7. The first kappa shape index (κ1) is 34.4. The van der Waals surface area contributed by atoms with Crippen LogP contribution in [-0.4, -0.2) is 14.8 Å². The van der Waals surface area contributed by atoms with Gasteiger partial charge in [0.25, 0.3) is 17.1 Å². The van der Waals surface area contributed by atoms with Crippen LogP contribution < -0.4 is 4.90 Å². The molecule has 0 unspecified atom stereocenters. The summed E-state index contributed by atoms with van der Waals surface area (Å²) in [6, 6.07) is 43.3. The minimum atomic E-state index is -0.420. The van der Waals surface area contributed by atoms with Crippen molar-refractivity contribution in [3.05, 3.63) is 209 Å². The molecule has 254 valence electrons. The van der Waals surface area contributed by atoms with Crippen LogP contribution in [0.4, 0.5) is 34.1 Å². The van der Waals surface area contributed by atoms with Crippen LogP contribution in [0, 0.1) is 30.3 Å². The maximum absolute atomic E-state index is 11.0. The topological polar surface area (TPSA) is 133 Å². The van der Waals surface area contributed by atoms with Crippen molar-refractivity contribution >= 4 is 70.6 Å². The molecule has 0 aromatic heterocycles.